The molecule has 1 heterocycles. The van der Waals surface area contributed by atoms with E-state index in [0.717, 1.165) is 5.39 Å². The van der Waals surface area contributed by atoms with E-state index in [4.69, 9.17) is 9.15 Å². The van der Waals surface area contributed by atoms with Gasteiger partial charge in [-0.15, -0.1) is 0 Å². The Bertz CT molecular complexity index is 775. The molecule has 0 bridgehead atoms. The summed E-state index contributed by atoms with van der Waals surface area (Å²) in [4.78, 5) is 24.4. The normalized spacial score (nSPS) is 15.5. The summed E-state index contributed by atoms with van der Waals surface area (Å²) in [5.41, 5.74) is -0.0345. The molecule has 3 rings (SSSR count). The summed E-state index contributed by atoms with van der Waals surface area (Å²) in [7, 11) is 1.55. The summed E-state index contributed by atoms with van der Waals surface area (Å²) in [5, 5.41) is 4.15. The first-order valence-corrected chi connectivity index (χ1v) is 8.56. The number of carbonyl (C=O) groups excluding carboxylic acids is 1. The van der Waals surface area contributed by atoms with Crippen LogP contribution in [0.1, 0.15) is 48.9 Å². The molecule has 5 nitrogen and oxygen atoms in total. The molecule has 1 saturated carbocycles. The fourth-order valence-electron chi connectivity index (χ4n) is 3.24. The van der Waals surface area contributed by atoms with E-state index in [-0.39, 0.29) is 11.3 Å². The molecular weight excluding hydrogens is 306 g/mol. The van der Waals surface area contributed by atoms with Crippen LogP contribution >= 0.6 is 0 Å². The van der Waals surface area contributed by atoms with E-state index in [1.165, 1.54) is 32.1 Å². The highest BCUT2D eigenvalue weighted by Crippen LogP contribution is 2.21. The van der Waals surface area contributed by atoms with Crippen molar-refractivity contribution in [3.63, 3.8) is 0 Å². The Kier molecular flexibility index (Phi) is 5.30. The fourth-order valence-corrected chi connectivity index (χ4v) is 3.24. The number of nitrogens with one attached hydrogen (secondary N) is 1. The molecule has 1 aliphatic rings. The van der Waals surface area contributed by atoms with Crippen LogP contribution < -0.4 is 15.7 Å². The molecular formula is C19H23NO4. The van der Waals surface area contributed by atoms with Crippen molar-refractivity contribution >= 4 is 16.8 Å². The molecule has 0 saturated heterocycles. The van der Waals surface area contributed by atoms with E-state index >= 15 is 0 Å². The standard InChI is InChI=1S/C19H23NO4/c1-23-15-8-7-13-11-16(19(22)24-18(13)12-15)17(21)9-10-20-14-5-3-2-4-6-14/h7-8,11-12,14,20H,2-6,9-10H2,1H3. The van der Waals surface area contributed by atoms with E-state index in [2.05, 4.69) is 5.32 Å². The lowest BCUT2D eigenvalue weighted by atomic mass is 9.95. The van der Waals surface area contributed by atoms with Crippen molar-refractivity contribution in [2.45, 2.75) is 44.6 Å². The topological polar surface area (TPSA) is 68.5 Å². The monoisotopic (exact) mass is 329 g/mol. The molecule has 1 aromatic carbocycles. The summed E-state index contributed by atoms with van der Waals surface area (Å²) < 4.78 is 10.4. The second-order valence-electron chi connectivity index (χ2n) is 6.31. The first-order chi connectivity index (χ1) is 11.7. The molecule has 0 aliphatic heterocycles. The molecule has 0 unspecified atom stereocenters. The second kappa shape index (κ2) is 7.62. The maximum absolute atomic E-state index is 12.3. The van der Waals surface area contributed by atoms with Crippen LogP contribution in [0.4, 0.5) is 0 Å². The molecule has 1 aliphatic carbocycles. The third kappa shape index (κ3) is 3.85. The van der Waals surface area contributed by atoms with Gasteiger partial charge in [-0.3, -0.25) is 4.79 Å². The zero-order valence-electron chi connectivity index (χ0n) is 14.0. The number of ketones is 1. The molecule has 24 heavy (non-hydrogen) atoms. The summed E-state index contributed by atoms with van der Waals surface area (Å²) >= 11 is 0. The van der Waals surface area contributed by atoms with Gasteiger partial charge in [0.25, 0.3) is 0 Å². The van der Waals surface area contributed by atoms with E-state index in [0.29, 0.717) is 30.3 Å². The number of methoxy groups -OCH3 is 1. The average molecular weight is 329 g/mol. The van der Waals surface area contributed by atoms with Crippen LogP contribution in [0.5, 0.6) is 5.75 Å². The van der Waals surface area contributed by atoms with Crippen molar-refractivity contribution in [1.29, 1.82) is 0 Å². The zero-order valence-corrected chi connectivity index (χ0v) is 14.0. The maximum Gasteiger partial charge on any atom is 0.347 e. The van der Waals surface area contributed by atoms with Crippen LogP contribution in [0.25, 0.3) is 11.0 Å². The van der Waals surface area contributed by atoms with Crippen molar-refractivity contribution < 1.29 is 13.9 Å². The summed E-state index contributed by atoms with van der Waals surface area (Å²) in [5.74, 6) is 0.436. The molecule has 1 N–H and O–H groups in total. The first kappa shape index (κ1) is 16.7. The number of Topliss-reactive ketones (excluding diaryl/α,β-unsaturated/α-hetero) is 1. The summed E-state index contributed by atoms with van der Waals surface area (Å²) in [6.07, 6.45) is 6.47. The van der Waals surface area contributed by atoms with Gasteiger partial charge in [-0.1, -0.05) is 19.3 Å². The van der Waals surface area contributed by atoms with Crippen molar-refractivity contribution in [3.05, 3.63) is 40.2 Å². The number of hydrogen-bond acceptors (Lipinski definition) is 5. The Morgan fingerprint density at radius 1 is 1.25 bits per heavy atom. The Labute approximate surface area is 141 Å². The highest BCUT2D eigenvalue weighted by molar-refractivity contribution is 5.98. The number of benzene rings is 1. The minimum atomic E-state index is -0.585. The smallest absolute Gasteiger partial charge is 0.347 e. The van der Waals surface area contributed by atoms with Crippen molar-refractivity contribution in [2.24, 2.45) is 0 Å². The Morgan fingerprint density at radius 2 is 2.04 bits per heavy atom. The molecule has 128 valence electrons. The lowest BCUT2D eigenvalue weighted by Crippen LogP contribution is -2.33. The van der Waals surface area contributed by atoms with Gasteiger partial charge in [-0.25, -0.2) is 4.79 Å². The number of hydrogen-bond donors (Lipinski definition) is 1. The predicted molar refractivity (Wildman–Crippen MR) is 92.9 cm³/mol. The van der Waals surface area contributed by atoms with Crippen LogP contribution in [0.3, 0.4) is 0 Å². The quantitative estimate of drug-likeness (QED) is 0.650. The van der Waals surface area contributed by atoms with E-state index < -0.39 is 5.63 Å². The molecule has 1 aromatic heterocycles. The van der Waals surface area contributed by atoms with Gasteiger partial charge in [0.1, 0.15) is 16.9 Å². The lowest BCUT2D eigenvalue weighted by molar-refractivity contribution is 0.0977. The van der Waals surface area contributed by atoms with Crippen molar-refractivity contribution in [3.8, 4) is 5.75 Å². The molecule has 0 atom stereocenters. The highest BCUT2D eigenvalue weighted by atomic mass is 16.5. The molecule has 2 aromatic rings. The van der Waals surface area contributed by atoms with Crippen LogP contribution in [-0.2, 0) is 0 Å². The van der Waals surface area contributed by atoms with E-state index in [9.17, 15) is 9.59 Å². The van der Waals surface area contributed by atoms with Gasteiger partial charge >= 0.3 is 5.63 Å². The Balaban J connectivity index is 1.67. The summed E-state index contributed by atoms with van der Waals surface area (Å²) in [6, 6.07) is 7.33. The zero-order chi connectivity index (χ0) is 16.9. The van der Waals surface area contributed by atoms with Crippen LogP contribution in [0.15, 0.2) is 33.5 Å². The van der Waals surface area contributed by atoms with Gasteiger partial charge in [0, 0.05) is 30.5 Å². The molecule has 0 radical (unpaired) electrons. The van der Waals surface area contributed by atoms with Crippen LogP contribution in [-0.4, -0.2) is 25.5 Å². The third-order valence-electron chi connectivity index (χ3n) is 4.63. The minimum Gasteiger partial charge on any atom is -0.497 e. The molecule has 1 fully saturated rings. The SMILES string of the molecule is COc1ccc2cc(C(=O)CCNC3CCCCC3)c(=O)oc2c1. The number of fused-ring (bicyclic) bond motifs is 1. The van der Waals surface area contributed by atoms with Gasteiger partial charge in [0.05, 0.1) is 7.11 Å². The predicted octanol–water partition coefficient (Wildman–Crippen LogP) is 3.30. The largest absolute Gasteiger partial charge is 0.497 e. The van der Waals surface area contributed by atoms with Crippen LogP contribution in [0, 0.1) is 0 Å². The lowest BCUT2D eigenvalue weighted by Gasteiger charge is -2.22. The van der Waals surface area contributed by atoms with Gasteiger partial charge in [-0.05, 0) is 31.0 Å². The number of carbonyl (C=O) groups is 1. The van der Waals surface area contributed by atoms with Gasteiger partial charge in [0.15, 0.2) is 5.78 Å². The van der Waals surface area contributed by atoms with E-state index in [1.807, 2.05) is 0 Å². The molecule has 0 amide bonds. The fraction of sp³-hybridized carbons (Fsp3) is 0.474. The van der Waals surface area contributed by atoms with Crippen LogP contribution in [0.2, 0.25) is 0 Å². The molecule has 0 spiro atoms. The van der Waals surface area contributed by atoms with E-state index in [1.54, 1.807) is 31.4 Å². The number of ether oxygens (including phenoxy) is 1. The summed E-state index contributed by atoms with van der Waals surface area (Å²) in [6.45, 7) is 0.601. The maximum atomic E-state index is 12.3. The molecule has 5 heteroatoms. The Hall–Kier alpha value is -2.14. The van der Waals surface area contributed by atoms with Gasteiger partial charge < -0.3 is 14.5 Å². The third-order valence-corrected chi connectivity index (χ3v) is 4.63. The Morgan fingerprint density at radius 3 is 2.79 bits per heavy atom. The highest BCUT2D eigenvalue weighted by Gasteiger charge is 2.16. The average Bonchev–Trinajstić information content (AvgIpc) is 2.61. The second-order valence-corrected chi connectivity index (χ2v) is 6.31. The first-order valence-electron chi connectivity index (χ1n) is 8.56. The van der Waals surface area contributed by atoms with Gasteiger partial charge in [0.2, 0.25) is 0 Å². The van der Waals surface area contributed by atoms with Crippen molar-refractivity contribution in [1.82, 2.24) is 5.32 Å². The minimum absolute atomic E-state index is 0.123. The van der Waals surface area contributed by atoms with Gasteiger partial charge in [-0.2, -0.15) is 0 Å². The number of rotatable bonds is 6. The van der Waals surface area contributed by atoms with Crippen molar-refractivity contribution in [2.75, 3.05) is 13.7 Å².